The van der Waals surface area contributed by atoms with Gasteiger partial charge in [-0.15, -0.1) is 0 Å². The first-order chi connectivity index (χ1) is 10.0. The second-order valence-corrected chi connectivity index (χ2v) is 6.06. The van der Waals surface area contributed by atoms with Gasteiger partial charge in [0.1, 0.15) is 0 Å². The lowest BCUT2D eigenvalue weighted by Crippen LogP contribution is -2.27. The highest BCUT2D eigenvalue weighted by Crippen LogP contribution is 2.48. The first-order valence-electron chi connectivity index (χ1n) is 6.70. The highest BCUT2D eigenvalue weighted by Gasteiger charge is 2.35. The van der Waals surface area contributed by atoms with Gasteiger partial charge in [0.2, 0.25) is 0 Å². The number of benzene rings is 2. The molecule has 1 N–H and O–H groups in total. The molecule has 4 heteroatoms. The third-order valence-electron chi connectivity index (χ3n) is 3.67. The molecule has 0 bridgehead atoms. The Morgan fingerprint density at radius 3 is 2.24 bits per heavy atom. The molecule has 3 rings (SSSR count). The van der Waals surface area contributed by atoms with Crippen molar-refractivity contribution in [3.63, 3.8) is 0 Å². The summed E-state index contributed by atoms with van der Waals surface area (Å²) in [6.45, 7) is 3.99. The van der Waals surface area contributed by atoms with E-state index in [0.29, 0.717) is 15.7 Å². The SMILES string of the molecule is CC(C)=C1c2ccccc2N(c2c(Cl)cccc2Cl)C1O. The number of hydrogen-bond acceptors (Lipinski definition) is 2. The second kappa shape index (κ2) is 5.38. The number of para-hydroxylation sites is 2. The molecule has 1 aliphatic heterocycles. The zero-order valence-electron chi connectivity index (χ0n) is 11.8. The fraction of sp³-hybridized carbons (Fsp3) is 0.176. The Hall–Kier alpha value is -1.48. The predicted octanol–water partition coefficient (Wildman–Crippen LogP) is 5.26. The van der Waals surface area contributed by atoms with Crippen molar-refractivity contribution in [1.29, 1.82) is 0 Å². The summed E-state index contributed by atoms with van der Waals surface area (Å²) in [7, 11) is 0. The van der Waals surface area contributed by atoms with E-state index in [1.807, 2.05) is 38.1 Å². The first kappa shape index (κ1) is 14.5. The number of anilines is 2. The van der Waals surface area contributed by atoms with E-state index in [4.69, 9.17) is 23.2 Å². The Balaban J connectivity index is 2.28. The third kappa shape index (κ3) is 2.24. The highest BCUT2D eigenvalue weighted by atomic mass is 35.5. The van der Waals surface area contributed by atoms with Gasteiger partial charge in [-0.1, -0.05) is 53.0 Å². The van der Waals surface area contributed by atoms with E-state index in [2.05, 4.69) is 0 Å². The second-order valence-electron chi connectivity index (χ2n) is 5.24. The molecular weight excluding hydrogens is 305 g/mol. The van der Waals surface area contributed by atoms with Crippen LogP contribution in [-0.4, -0.2) is 11.3 Å². The first-order valence-corrected chi connectivity index (χ1v) is 7.46. The van der Waals surface area contributed by atoms with E-state index in [1.165, 1.54) is 0 Å². The number of allylic oxidation sites excluding steroid dienone is 1. The van der Waals surface area contributed by atoms with Gasteiger partial charge in [-0.3, -0.25) is 0 Å². The van der Waals surface area contributed by atoms with Gasteiger partial charge in [0.05, 0.1) is 21.4 Å². The van der Waals surface area contributed by atoms with Gasteiger partial charge in [0.25, 0.3) is 0 Å². The van der Waals surface area contributed by atoms with Crippen molar-refractivity contribution >= 4 is 40.1 Å². The topological polar surface area (TPSA) is 23.5 Å². The van der Waals surface area contributed by atoms with Crippen molar-refractivity contribution in [2.45, 2.75) is 20.1 Å². The smallest absolute Gasteiger partial charge is 0.158 e. The molecule has 0 radical (unpaired) electrons. The summed E-state index contributed by atoms with van der Waals surface area (Å²) in [6.07, 6.45) is -0.787. The third-order valence-corrected chi connectivity index (χ3v) is 4.28. The van der Waals surface area contributed by atoms with Gasteiger partial charge in [-0.05, 0) is 32.0 Å². The normalized spacial score (nSPS) is 17.1. The van der Waals surface area contributed by atoms with E-state index in [-0.39, 0.29) is 0 Å². The minimum atomic E-state index is -0.787. The fourth-order valence-electron chi connectivity index (χ4n) is 2.80. The Kier molecular flexibility index (Phi) is 3.70. The molecule has 0 fully saturated rings. The van der Waals surface area contributed by atoms with E-state index >= 15 is 0 Å². The van der Waals surface area contributed by atoms with Gasteiger partial charge >= 0.3 is 0 Å². The van der Waals surface area contributed by atoms with Crippen LogP contribution in [0.25, 0.3) is 5.57 Å². The molecule has 0 saturated heterocycles. The number of aliphatic hydroxyl groups excluding tert-OH is 1. The van der Waals surface area contributed by atoms with Crippen LogP contribution >= 0.6 is 23.2 Å². The Labute approximate surface area is 134 Å². The molecule has 2 aromatic rings. The number of rotatable bonds is 1. The van der Waals surface area contributed by atoms with E-state index < -0.39 is 6.23 Å². The van der Waals surface area contributed by atoms with Crippen LogP contribution in [0.2, 0.25) is 10.0 Å². The molecule has 108 valence electrons. The standard InChI is InChI=1S/C17H15Cl2NO/c1-10(2)15-11-6-3-4-9-14(11)20(17(15)21)16-12(18)7-5-8-13(16)19/h3-9,17,21H,1-2H3. The molecule has 1 aliphatic rings. The summed E-state index contributed by atoms with van der Waals surface area (Å²) < 4.78 is 0. The molecule has 2 nitrogen and oxygen atoms in total. The number of fused-ring (bicyclic) bond motifs is 1. The minimum Gasteiger partial charge on any atom is -0.369 e. The van der Waals surface area contributed by atoms with Crippen molar-refractivity contribution in [1.82, 2.24) is 0 Å². The quantitative estimate of drug-likeness (QED) is 0.775. The molecule has 0 amide bonds. The van der Waals surface area contributed by atoms with Crippen LogP contribution in [-0.2, 0) is 0 Å². The molecular formula is C17H15Cl2NO. The number of halogens is 2. The molecule has 21 heavy (non-hydrogen) atoms. The molecule has 0 spiro atoms. The zero-order valence-corrected chi connectivity index (χ0v) is 13.3. The van der Waals surface area contributed by atoms with Crippen LogP contribution in [0, 0.1) is 0 Å². The molecule has 1 heterocycles. The monoisotopic (exact) mass is 319 g/mol. The molecule has 1 unspecified atom stereocenters. The van der Waals surface area contributed by atoms with Crippen LogP contribution < -0.4 is 4.90 Å². The maximum Gasteiger partial charge on any atom is 0.158 e. The summed E-state index contributed by atoms with van der Waals surface area (Å²) in [5.74, 6) is 0. The van der Waals surface area contributed by atoms with Crippen LogP contribution in [0.4, 0.5) is 11.4 Å². The van der Waals surface area contributed by atoms with Crippen molar-refractivity contribution in [2.24, 2.45) is 0 Å². The number of nitrogens with zero attached hydrogens (tertiary/aromatic N) is 1. The summed E-state index contributed by atoms with van der Waals surface area (Å²) >= 11 is 12.6. The summed E-state index contributed by atoms with van der Waals surface area (Å²) in [6, 6.07) is 13.2. The van der Waals surface area contributed by atoms with E-state index in [9.17, 15) is 5.11 Å². The lowest BCUT2D eigenvalue weighted by atomic mass is 10.0. The Morgan fingerprint density at radius 2 is 1.62 bits per heavy atom. The zero-order chi connectivity index (χ0) is 15.1. The lowest BCUT2D eigenvalue weighted by molar-refractivity contribution is 0.243. The Morgan fingerprint density at radius 1 is 1.00 bits per heavy atom. The molecule has 1 atom stereocenters. The van der Waals surface area contributed by atoms with Gasteiger partial charge in [0, 0.05) is 11.1 Å². The van der Waals surface area contributed by atoms with Gasteiger partial charge in [0.15, 0.2) is 6.23 Å². The average molecular weight is 320 g/mol. The van der Waals surface area contributed by atoms with Gasteiger partial charge < -0.3 is 10.0 Å². The summed E-state index contributed by atoms with van der Waals surface area (Å²) in [5, 5.41) is 11.8. The average Bonchev–Trinajstić information content (AvgIpc) is 2.72. The van der Waals surface area contributed by atoms with Crippen LogP contribution in [0.5, 0.6) is 0 Å². The maximum atomic E-state index is 10.8. The molecule has 0 aliphatic carbocycles. The van der Waals surface area contributed by atoms with Crippen LogP contribution in [0.3, 0.4) is 0 Å². The van der Waals surface area contributed by atoms with Crippen molar-refractivity contribution in [2.75, 3.05) is 4.90 Å². The largest absolute Gasteiger partial charge is 0.369 e. The number of hydrogen-bond donors (Lipinski definition) is 1. The summed E-state index contributed by atoms with van der Waals surface area (Å²) in [4.78, 5) is 1.79. The lowest BCUT2D eigenvalue weighted by Gasteiger charge is -2.26. The minimum absolute atomic E-state index is 0.520. The highest BCUT2D eigenvalue weighted by molar-refractivity contribution is 6.39. The van der Waals surface area contributed by atoms with Crippen LogP contribution in [0.15, 0.2) is 48.0 Å². The van der Waals surface area contributed by atoms with Crippen molar-refractivity contribution in [3.05, 3.63) is 63.6 Å². The van der Waals surface area contributed by atoms with Crippen LogP contribution in [0.1, 0.15) is 19.4 Å². The summed E-state index contributed by atoms with van der Waals surface area (Å²) in [5.41, 5.74) is 4.54. The van der Waals surface area contributed by atoms with E-state index in [1.54, 1.807) is 23.1 Å². The Bertz CT molecular complexity index is 715. The predicted molar refractivity (Wildman–Crippen MR) is 89.3 cm³/mol. The van der Waals surface area contributed by atoms with Crippen molar-refractivity contribution < 1.29 is 5.11 Å². The fourth-order valence-corrected chi connectivity index (χ4v) is 3.38. The maximum absolute atomic E-state index is 10.8. The molecule has 2 aromatic carbocycles. The molecule has 0 saturated carbocycles. The van der Waals surface area contributed by atoms with Gasteiger partial charge in [-0.2, -0.15) is 0 Å². The van der Waals surface area contributed by atoms with Gasteiger partial charge in [-0.25, -0.2) is 0 Å². The molecule has 0 aromatic heterocycles. The number of aliphatic hydroxyl groups is 1. The van der Waals surface area contributed by atoms with Crippen molar-refractivity contribution in [3.8, 4) is 0 Å². The van der Waals surface area contributed by atoms with E-state index in [0.717, 1.165) is 22.4 Å².